The van der Waals surface area contributed by atoms with Crippen molar-refractivity contribution in [2.45, 2.75) is 72.6 Å². The minimum Gasteiger partial charge on any atom is -0.374 e. The van der Waals surface area contributed by atoms with Crippen molar-refractivity contribution in [3.63, 3.8) is 0 Å². The number of nitrogens with one attached hydrogen (secondary N) is 1. The number of amides is 2. The fraction of sp³-hybridized carbons (Fsp3) is 0.875. The van der Waals surface area contributed by atoms with E-state index in [2.05, 4.69) is 5.32 Å². The molecule has 1 saturated heterocycles. The summed E-state index contributed by atoms with van der Waals surface area (Å²) in [7, 11) is 0. The van der Waals surface area contributed by atoms with E-state index in [1.54, 1.807) is 4.90 Å². The third kappa shape index (κ3) is 4.19. The zero-order chi connectivity index (χ0) is 16.4. The Balaban J connectivity index is 3.04. The molecule has 5 heteroatoms. The molecule has 0 saturated carbocycles. The van der Waals surface area contributed by atoms with Crippen LogP contribution in [0.15, 0.2) is 0 Å². The molecule has 1 rings (SSSR count). The van der Waals surface area contributed by atoms with Gasteiger partial charge in [0.15, 0.2) is 0 Å². The summed E-state index contributed by atoms with van der Waals surface area (Å²) >= 11 is 0. The highest BCUT2D eigenvalue weighted by molar-refractivity contribution is 5.97. The Bertz CT molecular complexity index is 399. The minimum absolute atomic E-state index is 0.0123. The van der Waals surface area contributed by atoms with Gasteiger partial charge in [0.05, 0.1) is 12.1 Å². The molecule has 1 aliphatic heterocycles. The molecule has 2 atom stereocenters. The molecule has 2 amide bonds. The highest BCUT2D eigenvalue weighted by Crippen LogP contribution is 2.27. The Hall–Kier alpha value is -1.10. The van der Waals surface area contributed by atoms with Crippen molar-refractivity contribution in [3.8, 4) is 0 Å². The molecule has 1 N–H and O–H groups in total. The lowest BCUT2D eigenvalue weighted by atomic mass is 9.83. The number of ether oxygens (including phenoxy) is 1. The van der Waals surface area contributed by atoms with Gasteiger partial charge in [0.25, 0.3) is 0 Å². The predicted molar refractivity (Wildman–Crippen MR) is 82.9 cm³/mol. The van der Waals surface area contributed by atoms with Crippen LogP contribution in [0.2, 0.25) is 0 Å². The Labute approximate surface area is 128 Å². The Morgan fingerprint density at radius 2 is 1.71 bits per heavy atom. The molecule has 0 bridgehead atoms. The molecular formula is C16H30N2O3. The van der Waals surface area contributed by atoms with Gasteiger partial charge in [-0.2, -0.15) is 0 Å². The van der Waals surface area contributed by atoms with E-state index in [-0.39, 0.29) is 17.2 Å². The van der Waals surface area contributed by atoms with Crippen molar-refractivity contribution in [1.29, 1.82) is 0 Å². The average Bonchev–Trinajstić information content (AvgIpc) is 2.32. The molecule has 1 aliphatic rings. The van der Waals surface area contributed by atoms with Crippen LogP contribution in [-0.2, 0) is 14.3 Å². The van der Waals surface area contributed by atoms with Crippen molar-refractivity contribution in [2.24, 2.45) is 5.41 Å². The third-order valence-electron chi connectivity index (χ3n) is 3.83. The van der Waals surface area contributed by atoms with E-state index in [1.165, 1.54) is 0 Å². The maximum atomic E-state index is 12.8. The second kappa shape index (κ2) is 6.34. The van der Waals surface area contributed by atoms with Crippen LogP contribution in [0.5, 0.6) is 0 Å². The van der Waals surface area contributed by atoms with Crippen molar-refractivity contribution < 1.29 is 14.3 Å². The summed E-state index contributed by atoms with van der Waals surface area (Å²) in [5, 5.41) is 2.88. The van der Waals surface area contributed by atoms with Gasteiger partial charge in [-0.1, -0.05) is 27.7 Å². The molecule has 0 aliphatic carbocycles. The van der Waals surface area contributed by atoms with E-state index < -0.39 is 17.7 Å². The first kappa shape index (κ1) is 18.0. The van der Waals surface area contributed by atoms with E-state index in [4.69, 9.17) is 4.74 Å². The first-order chi connectivity index (χ1) is 9.53. The summed E-state index contributed by atoms with van der Waals surface area (Å²) in [5.41, 5.74) is -0.767. The maximum absolute atomic E-state index is 12.8. The summed E-state index contributed by atoms with van der Waals surface area (Å²) in [6, 6.07) is -0.888. The number of piperazine rings is 1. The fourth-order valence-corrected chi connectivity index (χ4v) is 2.79. The molecule has 0 radical (unpaired) electrons. The van der Waals surface area contributed by atoms with Gasteiger partial charge < -0.3 is 15.0 Å². The van der Waals surface area contributed by atoms with Gasteiger partial charge in [0, 0.05) is 6.61 Å². The molecule has 122 valence electrons. The fourth-order valence-electron chi connectivity index (χ4n) is 2.79. The molecule has 5 nitrogen and oxygen atoms in total. The first-order valence-corrected chi connectivity index (χ1v) is 7.78. The quantitative estimate of drug-likeness (QED) is 0.844. The third-order valence-corrected chi connectivity index (χ3v) is 3.83. The summed E-state index contributed by atoms with van der Waals surface area (Å²) in [4.78, 5) is 26.9. The average molecular weight is 298 g/mol. The van der Waals surface area contributed by atoms with Crippen LogP contribution in [0.3, 0.4) is 0 Å². The van der Waals surface area contributed by atoms with Gasteiger partial charge in [-0.25, -0.2) is 0 Å². The molecule has 1 fully saturated rings. The molecule has 2 unspecified atom stereocenters. The topological polar surface area (TPSA) is 58.6 Å². The zero-order valence-electron chi connectivity index (χ0n) is 14.4. The molecule has 0 aromatic heterocycles. The standard InChI is InChI=1S/C16H30N2O3/c1-8-11-13(19)17-12(15(3,4)5)14(20)18(11)10-16(6,7)21-9-2/h11-12H,8-10H2,1-7H3,(H,17,19). The van der Waals surface area contributed by atoms with Crippen molar-refractivity contribution >= 4 is 11.8 Å². The normalized spacial score (nSPS) is 24.2. The Morgan fingerprint density at radius 1 is 1.14 bits per heavy atom. The van der Waals surface area contributed by atoms with Gasteiger partial charge >= 0.3 is 0 Å². The highest BCUT2D eigenvalue weighted by Gasteiger charge is 2.45. The lowest BCUT2D eigenvalue weighted by Crippen LogP contribution is -2.68. The monoisotopic (exact) mass is 298 g/mol. The number of hydrogen-bond acceptors (Lipinski definition) is 3. The van der Waals surface area contributed by atoms with Crippen molar-refractivity contribution in [2.75, 3.05) is 13.2 Å². The SMILES string of the molecule is CCOC(C)(C)CN1C(=O)C(C(C)(C)C)NC(=O)C1CC. The van der Waals surface area contributed by atoms with Gasteiger partial charge in [-0.3, -0.25) is 9.59 Å². The van der Waals surface area contributed by atoms with Gasteiger partial charge in [0.2, 0.25) is 11.8 Å². The largest absolute Gasteiger partial charge is 0.374 e. The summed E-state index contributed by atoms with van der Waals surface area (Å²) in [5.74, 6) is -0.0777. The lowest BCUT2D eigenvalue weighted by Gasteiger charge is -2.45. The van der Waals surface area contributed by atoms with E-state index in [9.17, 15) is 9.59 Å². The van der Waals surface area contributed by atoms with Gasteiger partial charge in [-0.05, 0) is 32.6 Å². The Morgan fingerprint density at radius 3 is 2.14 bits per heavy atom. The number of carbonyl (C=O) groups is 2. The van der Waals surface area contributed by atoms with E-state index >= 15 is 0 Å². The van der Waals surface area contributed by atoms with Crippen molar-refractivity contribution in [1.82, 2.24) is 10.2 Å². The van der Waals surface area contributed by atoms with E-state index in [0.717, 1.165) is 0 Å². The van der Waals surface area contributed by atoms with Crippen LogP contribution in [-0.4, -0.2) is 47.6 Å². The van der Waals surface area contributed by atoms with Crippen LogP contribution in [0.25, 0.3) is 0 Å². The van der Waals surface area contributed by atoms with Crippen LogP contribution in [0.4, 0.5) is 0 Å². The molecular weight excluding hydrogens is 268 g/mol. The number of nitrogens with zero attached hydrogens (tertiary/aromatic N) is 1. The van der Waals surface area contributed by atoms with Crippen LogP contribution >= 0.6 is 0 Å². The highest BCUT2D eigenvalue weighted by atomic mass is 16.5. The summed E-state index contributed by atoms with van der Waals surface area (Å²) in [6.07, 6.45) is 0.608. The zero-order valence-corrected chi connectivity index (χ0v) is 14.4. The smallest absolute Gasteiger partial charge is 0.246 e. The van der Waals surface area contributed by atoms with E-state index in [1.807, 2.05) is 48.5 Å². The molecule has 0 aromatic carbocycles. The van der Waals surface area contributed by atoms with Crippen molar-refractivity contribution in [3.05, 3.63) is 0 Å². The number of hydrogen-bond donors (Lipinski definition) is 1. The second-order valence-electron chi connectivity index (χ2n) is 7.39. The first-order valence-electron chi connectivity index (χ1n) is 7.78. The number of carbonyl (C=O) groups excluding carboxylic acids is 2. The van der Waals surface area contributed by atoms with Gasteiger partial charge in [-0.15, -0.1) is 0 Å². The Kier molecular flexibility index (Phi) is 5.42. The minimum atomic E-state index is -0.481. The molecule has 0 spiro atoms. The lowest BCUT2D eigenvalue weighted by molar-refractivity contribution is -0.157. The maximum Gasteiger partial charge on any atom is 0.246 e. The molecule has 21 heavy (non-hydrogen) atoms. The molecule has 0 aromatic rings. The van der Waals surface area contributed by atoms with Gasteiger partial charge in [0.1, 0.15) is 12.1 Å². The number of rotatable bonds is 5. The predicted octanol–water partition coefficient (Wildman–Crippen LogP) is 1.95. The molecule has 1 heterocycles. The van der Waals surface area contributed by atoms with Crippen LogP contribution in [0.1, 0.15) is 54.9 Å². The van der Waals surface area contributed by atoms with E-state index in [0.29, 0.717) is 19.6 Å². The van der Waals surface area contributed by atoms with Crippen LogP contribution in [0, 0.1) is 5.41 Å². The van der Waals surface area contributed by atoms with Crippen LogP contribution < -0.4 is 5.32 Å². The summed E-state index contributed by atoms with van der Waals surface area (Å²) < 4.78 is 5.70. The second-order valence-corrected chi connectivity index (χ2v) is 7.39. The summed E-state index contributed by atoms with van der Waals surface area (Å²) in [6.45, 7) is 14.7.